The van der Waals surface area contributed by atoms with E-state index in [-0.39, 0.29) is 12.0 Å². The molecule has 2 aromatic rings. The van der Waals surface area contributed by atoms with Gasteiger partial charge >= 0.3 is 0 Å². The Labute approximate surface area is 139 Å². The molecule has 23 heavy (non-hydrogen) atoms. The van der Waals surface area contributed by atoms with Gasteiger partial charge in [-0.3, -0.25) is 14.8 Å². The van der Waals surface area contributed by atoms with E-state index in [1.165, 1.54) is 0 Å². The maximum atomic E-state index is 12.3. The standard InChI is InChI=1S/C15H21N5O2S/c1-9-8-23-15(16-9)12-6-20(4-5-22-12)7-13(21)17-14-10(2)18-19-11(14)3/h8,12H,4-7H2,1-3H3,(H,17,21)(H,18,19)/t12-/m0/s1. The van der Waals surface area contributed by atoms with Gasteiger partial charge in [0, 0.05) is 24.2 Å². The van der Waals surface area contributed by atoms with Gasteiger partial charge in [0.05, 0.1) is 30.2 Å². The van der Waals surface area contributed by atoms with E-state index in [0.717, 1.165) is 34.3 Å². The lowest BCUT2D eigenvalue weighted by atomic mass is 10.2. The number of nitrogens with one attached hydrogen (secondary N) is 2. The number of rotatable bonds is 4. The Morgan fingerprint density at radius 1 is 1.52 bits per heavy atom. The summed E-state index contributed by atoms with van der Waals surface area (Å²) in [6.07, 6.45) is -0.0485. The summed E-state index contributed by atoms with van der Waals surface area (Å²) in [4.78, 5) is 18.9. The van der Waals surface area contributed by atoms with Crippen LogP contribution in [-0.2, 0) is 9.53 Å². The number of morpholine rings is 1. The van der Waals surface area contributed by atoms with Crippen LogP contribution in [0.4, 0.5) is 5.69 Å². The number of thiazole rings is 1. The van der Waals surface area contributed by atoms with Gasteiger partial charge in [-0.25, -0.2) is 4.98 Å². The first-order valence-electron chi connectivity index (χ1n) is 7.60. The van der Waals surface area contributed by atoms with Crippen molar-refractivity contribution in [1.29, 1.82) is 0 Å². The Balaban J connectivity index is 1.58. The average molecular weight is 335 g/mol. The fraction of sp³-hybridized carbons (Fsp3) is 0.533. The summed E-state index contributed by atoms with van der Waals surface area (Å²) in [5.41, 5.74) is 3.45. The summed E-state index contributed by atoms with van der Waals surface area (Å²) in [5.74, 6) is -0.0337. The molecule has 1 amide bonds. The third kappa shape index (κ3) is 3.77. The Bertz CT molecular complexity index is 676. The number of ether oxygens (including phenoxy) is 1. The summed E-state index contributed by atoms with van der Waals surface area (Å²) >= 11 is 1.61. The third-order valence-corrected chi connectivity index (χ3v) is 4.88. The highest BCUT2D eigenvalue weighted by atomic mass is 32.1. The maximum absolute atomic E-state index is 12.3. The van der Waals surface area contributed by atoms with Crippen LogP contribution < -0.4 is 5.32 Å². The molecule has 0 aliphatic carbocycles. The van der Waals surface area contributed by atoms with Crippen LogP contribution in [0, 0.1) is 20.8 Å². The van der Waals surface area contributed by atoms with Crippen molar-refractivity contribution in [1.82, 2.24) is 20.1 Å². The Morgan fingerprint density at radius 2 is 2.35 bits per heavy atom. The minimum atomic E-state index is -0.0485. The minimum absolute atomic E-state index is 0.0337. The van der Waals surface area contributed by atoms with Gasteiger partial charge in [-0.1, -0.05) is 0 Å². The van der Waals surface area contributed by atoms with E-state index in [1.807, 2.05) is 26.2 Å². The summed E-state index contributed by atoms with van der Waals surface area (Å²) in [7, 11) is 0. The van der Waals surface area contributed by atoms with Crippen molar-refractivity contribution in [2.75, 3.05) is 31.6 Å². The summed E-state index contributed by atoms with van der Waals surface area (Å²) in [6, 6.07) is 0. The Hall–Kier alpha value is -1.77. The van der Waals surface area contributed by atoms with Crippen molar-refractivity contribution < 1.29 is 9.53 Å². The molecule has 3 rings (SSSR count). The molecule has 0 bridgehead atoms. The molecule has 2 aromatic heterocycles. The average Bonchev–Trinajstić information content (AvgIpc) is 3.08. The van der Waals surface area contributed by atoms with Crippen molar-refractivity contribution in [2.24, 2.45) is 0 Å². The van der Waals surface area contributed by atoms with Crippen LogP contribution >= 0.6 is 11.3 Å². The molecular weight excluding hydrogens is 314 g/mol. The first-order chi connectivity index (χ1) is 11.0. The van der Waals surface area contributed by atoms with Crippen molar-refractivity contribution >= 4 is 22.9 Å². The largest absolute Gasteiger partial charge is 0.368 e. The molecule has 7 nitrogen and oxygen atoms in total. The molecule has 0 aromatic carbocycles. The third-order valence-electron chi connectivity index (χ3n) is 3.82. The molecular formula is C15H21N5O2S. The SMILES string of the molecule is Cc1csc([C@@H]2CN(CC(=O)Nc3c(C)n[nH]c3C)CCO2)n1. The van der Waals surface area contributed by atoms with Gasteiger partial charge in [0.2, 0.25) is 5.91 Å². The minimum Gasteiger partial charge on any atom is -0.368 e. The van der Waals surface area contributed by atoms with Gasteiger partial charge in [-0.2, -0.15) is 5.10 Å². The monoisotopic (exact) mass is 335 g/mol. The van der Waals surface area contributed by atoms with Crippen molar-refractivity contribution in [3.05, 3.63) is 27.5 Å². The van der Waals surface area contributed by atoms with E-state index in [4.69, 9.17) is 4.74 Å². The van der Waals surface area contributed by atoms with Crippen LogP contribution in [0.25, 0.3) is 0 Å². The molecule has 0 unspecified atom stereocenters. The van der Waals surface area contributed by atoms with Gasteiger partial charge in [0.25, 0.3) is 0 Å². The maximum Gasteiger partial charge on any atom is 0.238 e. The van der Waals surface area contributed by atoms with E-state index in [2.05, 4.69) is 25.4 Å². The summed E-state index contributed by atoms with van der Waals surface area (Å²) < 4.78 is 5.79. The number of hydrogen-bond acceptors (Lipinski definition) is 6. The van der Waals surface area contributed by atoms with Crippen molar-refractivity contribution in [3.8, 4) is 0 Å². The highest BCUT2D eigenvalue weighted by Gasteiger charge is 2.25. The smallest absolute Gasteiger partial charge is 0.238 e. The van der Waals surface area contributed by atoms with Crippen LogP contribution in [0.5, 0.6) is 0 Å². The number of aryl methyl sites for hydroxylation is 3. The number of carbonyl (C=O) groups excluding carboxylic acids is 1. The van der Waals surface area contributed by atoms with Gasteiger partial charge < -0.3 is 10.1 Å². The zero-order valence-electron chi connectivity index (χ0n) is 13.5. The predicted octanol–water partition coefficient (Wildman–Crippen LogP) is 1.80. The zero-order valence-corrected chi connectivity index (χ0v) is 14.4. The van der Waals surface area contributed by atoms with Gasteiger partial charge in [-0.15, -0.1) is 11.3 Å². The number of nitrogens with zero attached hydrogens (tertiary/aromatic N) is 3. The lowest BCUT2D eigenvalue weighted by Crippen LogP contribution is -2.42. The zero-order chi connectivity index (χ0) is 16.4. The second-order valence-corrected chi connectivity index (χ2v) is 6.67. The Morgan fingerprint density at radius 3 is 3.00 bits per heavy atom. The lowest BCUT2D eigenvalue weighted by Gasteiger charge is -2.31. The van der Waals surface area contributed by atoms with Crippen molar-refractivity contribution in [2.45, 2.75) is 26.9 Å². The van der Waals surface area contributed by atoms with Gasteiger partial charge in [0.15, 0.2) is 0 Å². The normalized spacial score (nSPS) is 19.0. The van der Waals surface area contributed by atoms with Crippen LogP contribution in [-0.4, -0.2) is 52.2 Å². The van der Waals surface area contributed by atoms with E-state index >= 15 is 0 Å². The fourth-order valence-electron chi connectivity index (χ4n) is 2.63. The number of amides is 1. The molecule has 1 fully saturated rings. The van der Waals surface area contributed by atoms with Crippen LogP contribution in [0.15, 0.2) is 5.38 Å². The molecule has 1 saturated heterocycles. The molecule has 8 heteroatoms. The number of aromatic amines is 1. The molecule has 1 atom stereocenters. The molecule has 1 aliphatic rings. The van der Waals surface area contributed by atoms with Crippen LogP contribution in [0.1, 0.15) is 28.2 Å². The first kappa shape index (κ1) is 16.1. The number of aromatic nitrogens is 3. The van der Waals surface area contributed by atoms with E-state index in [9.17, 15) is 4.79 Å². The van der Waals surface area contributed by atoms with E-state index < -0.39 is 0 Å². The van der Waals surface area contributed by atoms with Crippen LogP contribution in [0.3, 0.4) is 0 Å². The molecule has 0 saturated carbocycles. The fourth-order valence-corrected chi connectivity index (χ4v) is 3.47. The lowest BCUT2D eigenvalue weighted by molar-refractivity contribution is -0.119. The number of H-pyrrole nitrogens is 1. The van der Waals surface area contributed by atoms with Gasteiger partial charge in [-0.05, 0) is 20.8 Å². The predicted molar refractivity (Wildman–Crippen MR) is 88.7 cm³/mol. The molecule has 0 spiro atoms. The molecule has 0 radical (unpaired) electrons. The van der Waals surface area contributed by atoms with E-state index in [0.29, 0.717) is 19.7 Å². The first-order valence-corrected chi connectivity index (χ1v) is 8.48. The summed E-state index contributed by atoms with van der Waals surface area (Å²) in [6.45, 7) is 8.12. The topological polar surface area (TPSA) is 83.1 Å². The number of anilines is 1. The number of hydrogen-bond donors (Lipinski definition) is 2. The Kier molecular flexibility index (Phi) is 4.74. The number of carbonyl (C=O) groups is 1. The molecule has 2 N–H and O–H groups in total. The molecule has 124 valence electrons. The molecule has 1 aliphatic heterocycles. The quantitative estimate of drug-likeness (QED) is 0.890. The second-order valence-electron chi connectivity index (χ2n) is 5.78. The molecule has 3 heterocycles. The van der Waals surface area contributed by atoms with Gasteiger partial charge in [0.1, 0.15) is 11.1 Å². The van der Waals surface area contributed by atoms with Crippen molar-refractivity contribution in [3.63, 3.8) is 0 Å². The summed E-state index contributed by atoms with van der Waals surface area (Å²) in [5, 5.41) is 12.9. The highest BCUT2D eigenvalue weighted by molar-refractivity contribution is 7.09. The van der Waals surface area contributed by atoms with Crippen LogP contribution in [0.2, 0.25) is 0 Å². The second kappa shape index (κ2) is 6.77. The van der Waals surface area contributed by atoms with E-state index in [1.54, 1.807) is 11.3 Å². The highest BCUT2D eigenvalue weighted by Crippen LogP contribution is 2.25.